The summed E-state index contributed by atoms with van der Waals surface area (Å²) in [7, 11) is 1.78. The molecule has 68 valence electrons. The van der Waals surface area contributed by atoms with Crippen LogP contribution in [0.2, 0.25) is 0 Å². The Kier molecular flexibility index (Phi) is 2.68. The van der Waals surface area contributed by atoms with Crippen molar-refractivity contribution in [3.05, 3.63) is 0 Å². The minimum Gasteiger partial charge on any atom is -0.538 e. The molecule has 0 spiro atoms. The smallest absolute Gasteiger partial charge is 0.295 e. The zero-order valence-corrected chi connectivity index (χ0v) is 7.54. The van der Waals surface area contributed by atoms with Crippen LogP contribution in [0, 0.1) is 0 Å². The first kappa shape index (κ1) is 9.03. The third-order valence-corrected chi connectivity index (χ3v) is 2.04. The third kappa shape index (κ3) is 1.57. The van der Waals surface area contributed by atoms with Gasteiger partial charge in [-0.15, -0.1) is 0 Å². The van der Waals surface area contributed by atoms with Crippen molar-refractivity contribution in [3.63, 3.8) is 0 Å². The highest BCUT2D eigenvalue weighted by Gasteiger charge is 2.28. The van der Waals surface area contributed by atoms with Crippen molar-refractivity contribution in [2.75, 3.05) is 26.7 Å². The highest BCUT2D eigenvalue weighted by atomic mass is 16.4. The summed E-state index contributed by atoms with van der Waals surface area (Å²) < 4.78 is 1.73. The molecule has 12 heavy (non-hydrogen) atoms. The van der Waals surface area contributed by atoms with Crippen molar-refractivity contribution in [1.29, 1.82) is 0 Å². The lowest BCUT2D eigenvalue weighted by Crippen LogP contribution is -2.44. The first-order valence-electron chi connectivity index (χ1n) is 4.21. The predicted octanol–water partition coefficient (Wildman–Crippen LogP) is -1.50. The first-order valence-corrected chi connectivity index (χ1v) is 4.21. The molecule has 0 aliphatic carbocycles. The fourth-order valence-electron chi connectivity index (χ4n) is 1.50. The van der Waals surface area contributed by atoms with Crippen LogP contribution in [0.4, 0.5) is 0 Å². The van der Waals surface area contributed by atoms with Crippen LogP contribution < -0.4 is 5.11 Å². The number of carbonyl (C=O) groups excluding carboxylic acids is 1. The van der Waals surface area contributed by atoms with E-state index >= 15 is 0 Å². The number of hydrogen-bond acceptors (Lipinski definition) is 3. The standard InChI is InChI=1S/C8H14N2O2/c1-3-4-10-6-5-9(2)7(10)8(11)12/h3-6H2,1-2H3. The second-order valence-electron chi connectivity index (χ2n) is 3.02. The average molecular weight is 170 g/mol. The monoisotopic (exact) mass is 170 g/mol. The summed E-state index contributed by atoms with van der Waals surface area (Å²) in [5.41, 5.74) is 0. The Labute approximate surface area is 72.1 Å². The van der Waals surface area contributed by atoms with Gasteiger partial charge in [-0.1, -0.05) is 6.92 Å². The molecule has 0 bridgehead atoms. The lowest BCUT2D eigenvalue weighted by molar-refractivity contribution is -0.488. The number of aliphatic carboxylic acids is 1. The molecule has 0 unspecified atom stereocenters. The van der Waals surface area contributed by atoms with Gasteiger partial charge in [0.2, 0.25) is 0 Å². The minimum atomic E-state index is -1.07. The Morgan fingerprint density at radius 1 is 1.75 bits per heavy atom. The average Bonchev–Trinajstić information content (AvgIpc) is 2.32. The predicted molar refractivity (Wildman–Crippen MR) is 42.9 cm³/mol. The number of likely N-dealkylation sites (N-methyl/N-ethyl adjacent to an activating group) is 1. The Hall–Kier alpha value is -1.06. The van der Waals surface area contributed by atoms with Gasteiger partial charge in [-0.2, -0.15) is 0 Å². The second kappa shape index (κ2) is 3.56. The summed E-state index contributed by atoms with van der Waals surface area (Å²) in [6.45, 7) is 4.41. The summed E-state index contributed by atoms with van der Waals surface area (Å²) in [6, 6.07) is 0. The van der Waals surface area contributed by atoms with Gasteiger partial charge in [0, 0.05) is 0 Å². The van der Waals surface area contributed by atoms with E-state index in [1.807, 2.05) is 11.8 Å². The fourth-order valence-corrected chi connectivity index (χ4v) is 1.50. The maximum absolute atomic E-state index is 10.7. The molecular weight excluding hydrogens is 156 g/mol. The van der Waals surface area contributed by atoms with E-state index in [0.29, 0.717) is 5.84 Å². The molecular formula is C8H14N2O2. The van der Waals surface area contributed by atoms with Crippen LogP contribution in [0.15, 0.2) is 0 Å². The Bertz CT molecular complexity index is 223. The van der Waals surface area contributed by atoms with Crippen molar-refractivity contribution in [1.82, 2.24) is 4.90 Å². The molecule has 0 aromatic rings. The van der Waals surface area contributed by atoms with Crippen LogP contribution in [-0.2, 0) is 4.79 Å². The Morgan fingerprint density at radius 2 is 2.42 bits per heavy atom. The summed E-state index contributed by atoms with van der Waals surface area (Å²) in [5, 5.41) is 10.7. The normalized spacial score (nSPS) is 17.3. The van der Waals surface area contributed by atoms with Gasteiger partial charge in [-0.25, -0.2) is 0 Å². The summed E-state index contributed by atoms with van der Waals surface area (Å²) in [4.78, 5) is 12.5. The van der Waals surface area contributed by atoms with E-state index in [1.165, 1.54) is 0 Å². The summed E-state index contributed by atoms with van der Waals surface area (Å²) in [5.74, 6) is -0.736. The van der Waals surface area contributed by atoms with Gasteiger partial charge < -0.3 is 9.90 Å². The van der Waals surface area contributed by atoms with E-state index in [2.05, 4.69) is 0 Å². The third-order valence-electron chi connectivity index (χ3n) is 2.04. The van der Waals surface area contributed by atoms with Crippen molar-refractivity contribution >= 4 is 11.8 Å². The molecule has 0 aromatic heterocycles. The molecule has 0 saturated heterocycles. The number of hydrogen-bond donors (Lipinski definition) is 0. The van der Waals surface area contributed by atoms with Crippen LogP contribution in [0.5, 0.6) is 0 Å². The van der Waals surface area contributed by atoms with E-state index in [-0.39, 0.29) is 0 Å². The summed E-state index contributed by atoms with van der Waals surface area (Å²) in [6.07, 6.45) is 0.963. The maximum atomic E-state index is 10.7. The van der Waals surface area contributed by atoms with Gasteiger partial charge in [0.15, 0.2) is 5.97 Å². The van der Waals surface area contributed by atoms with Crippen LogP contribution in [0.1, 0.15) is 13.3 Å². The van der Waals surface area contributed by atoms with Crippen molar-refractivity contribution in [3.8, 4) is 0 Å². The van der Waals surface area contributed by atoms with Crippen LogP contribution in [0.3, 0.4) is 0 Å². The number of rotatable bonds is 3. The molecule has 0 saturated carbocycles. The molecule has 1 rings (SSSR count). The molecule has 0 aromatic carbocycles. The zero-order chi connectivity index (χ0) is 9.14. The van der Waals surface area contributed by atoms with E-state index < -0.39 is 5.97 Å². The van der Waals surface area contributed by atoms with Gasteiger partial charge in [0.05, 0.1) is 13.6 Å². The molecule has 1 heterocycles. The quantitative estimate of drug-likeness (QED) is 0.484. The van der Waals surface area contributed by atoms with Crippen LogP contribution >= 0.6 is 0 Å². The molecule has 1 aliphatic heterocycles. The van der Waals surface area contributed by atoms with E-state index in [9.17, 15) is 9.90 Å². The van der Waals surface area contributed by atoms with Crippen molar-refractivity contribution in [2.24, 2.45) is 0 Å². The Balaban J connectivity index is 2.74. The molecule has 4 nitrogen and oxygen atoms in total. The molecule has 4 heteroatoms. The van der Waals surface area contributed by atoms with Gasteiger partial charge >= 0.3 is 0 Å². The van der Waals surface area contributed by atoms with Crippen molar-refractivity contribution < 1.29 is 14.5 Å². The Morgan fingerprint density at radius 3 is 2.92 bits per heavy atom. The number of carboxylic acids is 1. The van der Waals surface area contributed by atoms with Crippen LogP contribution in [-0.4, -0.2) is 48.0 Å². The number of amidine groups is 1. The van der Waals surface area contributed by atoms with Gasteiger partial charge in [0.1, 0.15) is 13.1 Å². The lowest BCUT2D eigenvalue weighted by atomic mass is 10.4. The summed E-state index contributed by atoms with van der Waals surface area (Å²) >= 11 is 0. The van der Waals surface area contributed by atoms with Gasteiger partial charge in [0.25, 0.3) is 5.84 Å². The fraction of sp³-hybridized carbons (Fsp3) is 0.750. The maximum Gasteiger partial charge on any atom is 0.295 e. The number of carboxylic acid groups (broad SMARTS) is 1. The molecule has 0 fully saturated rings. The lowest BCUT2D eigenvalue weighted by Gasteiger charge is -2.11. The van der Waals surface area contributed by atoms with Gasteiger partial charge in [-0.05, 0) is 6.42 Å². The van der Waals surface area contributed by atoms with Crippen molar-refractivity contribution in [2.45, 2.75) is 13.3 Å². The largest absolute Gasteiger partial charge is 0.538 e. The first-order chi connectivity index (χ1) is 5.66. The highest BCUT2D eigenvalue weighted by molar-refractivity contribution is 6.31. The second-order valence-corrected chi connectivity index (χ2v) is 3.02. The van der Waals surface area contributed by atoms with Gasteiger partial charge in [-0.3, -0.25) is 9.48 Å². The van der Waals surface area contributed by atoms with Crippen LogP contribution in [0.25, 0.3) is 0 Å². The SMILES string of the molecule is CCCN1CC[N+](C)=C1C(=O)[O-]. The minimum absolute atomic E-state index is 0.330. The van der Waals surface area contributed by atoms with E-state index in [0.717, 1.165) is 26.1 Å². The van der Waals surface area contributed by atoms with E-state index in [1.54, 1.807) is 11.6 Å². The topological polar surface area (TPSA) is 46.4 Å². The number of carbonyl (C=O) groups is 1. The molecule has 0 atom stereocenters. The molecule has 0 radical (unpaired) electrons. The molecule has 1 aliphatic rings. The number of nitrogens with zero attached hydrogens (tertiary/aromatic N) is 2. The van der Waals surface area contributed by atoms with E-state index in [4.69, 9.17) is 0 Å². The molecule has 0 N–H and O–H groups in total. The molecule has 0 amide bonds. The zero-order valence-electron chi connectivity index (χ0n) is 7.54. The highest BCUT2D eigenvalue weighted by Crippen LogP contribution is 2.00.